The van der Waals surface area contributed by atoms with E-state index in [1.165, 1.54) is 12.8 Å². The maximum atomic E-state index is 2.37. The predicted octanol–water partition coefficient (Wildman–Crippen LogP) is 3.00. The molecule has 2 atom stereocenters. The van der Waals surface area contributed by atoms with E-state index < -0.39 is 0 Å². The fraction of sp³-hybridized carbons (Fsp3) is 0.778. The van der Waals surface area contributed by atoms with Gasteiger partial charge in [-0.25, -0.2) is 0 Å². The monoisotopic (exact) mass is 124 g/mol. The Morgan fingerprint density at radius 3 is 2.56 bits per heavy atom. The number of hydrogen-bond acceptors (Lipinski definition) is 0. The number of rotatable bonds is 2. The Morgan fingerprint density at radius 2 is 2.22 bits per heavy atom. The summed E-state index contributed by atoms with van der Waals surface area (Å²) >= 11 is 0. The zero-order chi connectivity index (χ0) is 6.91. The molecular weight excluding hydrogens is 108 g/mol. The van der Waals surface area contributed by atoms with E-state index >= 15 is 0 Å². The average molecular weight is 124 g/mol. The topological polar surface area (TPSA) is 0 Å². The Kier molecular flexibility index (Phi) is 1.65. The van der Waals surface area contributed by atoms with Crippen LogP contribution in [0.4, 0.5) is 0 Å². The van der Waals surface area contributed by atoms with Crippen molar-refractivity contribution in [2.75, 3.05) is 0 Å². The molecule has 0 spiro atoms. The molecule has 1 aliphatic carbocycles. The van der Waals surface area contributed by atoms with Crippen LogP contribution in [0.2, 0.25) is 0 Å². The van der Waals surface area contributed by atoms with E-state index in [-0.39, 0.29) is 0 Å². The summed E-state index contributed by atoms with van der Waals surface area (Å²) in [6, 6.07) is 0. The lowest BCUT2D eigenvalue weighted by Crippen LogP contribution is -1.88. The standard InChI is InChI=1S/C9H16/c1-4-5-6-9(3)7-8(9)2/h5-6,8H,4,7H2,1-3H3. The molecule has 0 amide bonds. The molecule has 0 aromatic heterocycles. The van der Waals surface area contributed by atoms with Crippen LogP contribution in [0, 0.1) is 11.3 Å². The molecule has 1 rings (SSSR count). The van der Waals surface area contributed by atoms with E-state index in [2.05, 4.69) is 32.9 Å². The van der Waals surface area contributed by atoms with Gasteiger partial charge in [-0.15, -0.1) is 0 Å². The quantitative estimate of drug-likeness (QED) is 0.496. The third kappa shape index (κ3) is 1.35. The highest BCUT2D eigenvalue weighted by Gasteiger charge is 2.43. The van der Waals surface area contributed by atoms with E-state index in [4.69, 9.17) is 0 Å². The maximum Gasteiger partial charge on any atom is -0.0118 e. The van der Waals surface area contributed by atoms with Crippen LogP contribution in [0.15, 0.2) is 12.2 Å². The lowest BCUT2D eigenvalue weighted by molar-refractivity contribution is 0.661. The van der Waals surface area contributed by atoms with E-state index in [9.17, 15) is 0 Å². The Hall–Kier alpha value is -0.260. The van der Waals surface area contributed by atoms with Gasteiger partial charge in [-0.1, -0.05) is 32.9 Å². The van der Waals surface area contributed by atoms with Crippen molar-refractivity contribution in [1.82, 2.24) is 0 Å². The van der Waals surface area contributed by atoms with Crippen LogP contribution < -0.4 is 0 Å². The minimum atomic E-state index is 0.579. The molecule has 0 N–H and O–H groups in total. The molecule has 0 saturated heterocycles. The van der Waals surface area contributed by atoms with Crippen LogP contribution >= 0.6 is 0 Å². The van der Waals surface area contributed by atoms with E-state index in [1.807, 2.05) is 0 Å². The van der Waals surface area contributed by atoms with Gasteiger partial charge in [-0.05, 0) is 24.2 Å². The molecule has 0 heterocycles. The highest BCUT2D eigenvalue weighted by Crippen LogP contribution is 2.52. The molecule has 2 unspecified atom stereocenters. The van der Waals surface area contributed by atoms with Crippen molar-refractivity contribution in [1.29, 1.82) is 0 Å². The van der Waals surface area contributed by atoms with E-state index in [0.717, 1.165) is 5.92 Å². The molecule has 0 bridgehead atoms. The lowest BCUT2D eigenvalue weighted by atomic mass is 10.1. The fourth-order valence-electron chi connectivity index (χ4n) is 1.22. The van der Waals surface area contributed by atoms with Crippen molar-refractivity contribution >= 4 is 0 Å². The van der Waals surface area contributed by atoms with Gasteiger partial charge in [0.1, 0.15) is 0 Å². The van der Waals surface area contributed by atoms with Crippen LogP contribution in [0.3, 0.4) is 0 Å². The number of allylic oxidation sites excluding steroid dienone is 2. The van der Waals surface area contributed by atoms with Crippen LogP contribution in [0.1, 0.15) is 33.6 Å². The van der Waals surface area contributed by atoms with Crippen LogP contribution in [0.25, 0.3) is 0 Å². The first-order valence-corrected chi connectivity index (χ1v) is 3.87. The molecule has 0 nitrogen and oxygen atoms in total. The van der Waals surface area contributed by atoms with Crippen LogP contribution in [-0.4, -0.2) is 0 Å². The van der Waals surface area contributed by atoms with Gasteiger partial charge in [0.15, 0.2) is 0 Å². The largest absolute Gasteiger partial charge is 0.0883 e. The smallest absolute Gasteiger partial charge is 0.0118 e. The SMILES string of the molecule is CCC=CC1(C)CC1C. The third-order valence-electron chi connectivity index (χ3n) is 2.45. The lowest BCUT2D eigenvalue weighted by Gasteiger charge is -1.98. The van der Waals surface area contributed by atoms with Crippen LogP contribution in [-0.2, 0) is 0 Å². The van der Waals surface area contributed by atoms with Gasteiger partial charge in [0.05, 0.1) is 0 Å². The second-order valence-corrected chi connectivity index (χ2v) is 3.42. The van der Waals surface area contributed by atoms with E-state index in [1.54, 1.807) is 0 Å². The molecule has 1 aliphatic rings. The molecule has 0 radical (unpaired) electrons. The van der Waals surface area contributed by atoms with Gasteiger partial charge in [-0.3, -0.25) is 0 Å². The van der Waals surface area contributed by atoms with Gasteiger partial charge < -0.3 is 0 Å². The van der Waals surface area contributed by atoms with Crippen molar-refractivity contribution in [3.63, 3.8) is 0 Å². The van der Waals surface area contributed by atoms with Crippen molar-refractivity contribution < 1.29 is 0 Å². The predicted molar refractivity (Wildman–Crippen MR) is 41.3 cm³/mol. The van der Waals surface area contributed by atoms with Gasteiger partial charge in [0.25, 0.3) is 0 Å². The van der Waals surface area contributed by atoms with Crippen molar-refractivity contribution in [3.8, 4) is 0 Å². The van der Waals surface area contributed by atoms with Gasteiger partial charge in [0, 0.05) is 0 Å². The molecule has 0 aromatic rings. The summed E-state index contributed by atoms with van der Waals surface area (Å²) in [6.07, 6.45) is 7.23. The second kappa shape index (κ2) is 2.17. The minimum absolute atomic E-state index is 0.579. The van der Waals surface area contributed by atoms with Crippen LogP contribution in [0.5, 0.6) is 0 Å². The first kappa shape index (κ1) is 6.85. The number of hydrogen-bond donors (Lipinski definition) is 0. The van der Waals surface area contributed by atoms with Gasteiger partial charge in [-0.2, -0.15) is 0 Å². The van der Waals surface area contributed by atoms with E-state index in [0.29, 0.717) is 5.41 Å². The molecule has 52 valence electrons. The van der Waals surface area contributed by atoms with Gasteiger partial charge >= 0.3 is 0 Å². The summed E-state index contributed by atoms with van der Waals surface area (Å²) in [5, 5.41) is 0. The fourth-order valence-corrected chi connectivity index (χ4v) is 1.22. The summed E-state index contributed by atoms with van der Waals surface area (Å²) in [4.78, 5) is 0. The van der Waals surface area contributed by atoms with Crippen molar-refractivity contribution in [2.24, 2.45) is 11.3 Å². The summed E-state index contributed by atoms with van der Waals surface area (Å²) in [7, 11) is 0. The third-order valence-corrected chi connectivity index (χ3v) is 2.45. The van der Waals surface area contributed by atoms with Crippen molar-refractivity contribution in [3.05, 3.63) is 12.2 Å². The maximum absolute atomic E-state index is 2.37. The summed E-state index contributed by atoms with van der Waals surface area (Å²) in [5.74, 6) is 0.931. The minimum Gasteiger partial charge on any atom is -0.0883 e. The molecule has 0 heteroatoms. The molecule has 0 aliphatic heterocycles. The highest BCUT2D eigenvalue weighted by atomic mass is 14.5. The Morgan fingerprint density at radius 1 is 1.67 bits per heavy atom. The second-order valence-electron chi connectivity index (χ2n) is 3.42. The normalized spacial score (nSPS) is 41.9. The molecule has 0 aromatic carbocycles. The Labute approximate surface area is 58.0 Å². The Bertz CT molecular complexity index is 124. The summed E-state index contributed by atoms with van der Waals surface area (Å²) in [6.45, 7) is 6.84. The summed E-state index contributed by atoms with van der Waals surface area (Å²) < 4.78 is 0. The molecular formula is C9H16. The molecule has 1 fully saturated rings. The summed E-state index contributed by atoms with van der Waals surface area (Å²) in [5.41, 5.74) is 0.579. The molecule has 9 heavy (non-hydrogen) atoms. The molecule has 1 saturated carbocycles. The Balaban J connectivity index is 2.36. The van der Waals surface area contributed by atoms with Crippen molar-refractivity contribution in [2.45, 2.75) is 33.6 Å². The highest BCUT2D eigenvalue weighted by molar-refractivity contribution is 5.10. The zero-order valence-corrected chi connectivity index (χ0v) is 6.65. The first-order valence-electron chi connectivity index (χ1n) is 3.87. The zero-order valence-electron chi connectivity index (χ0n) is 6.65. The first-order chi connectivity index (χ1) is 4.19. The average Bonchev–Trinajstić information content (AvgIpc) is 2.38. The van der Waals surface area contributed by atoms with Gasteiger partial charge in [0.2, 0.25) is 0 Å².